The molecule has 0 spiro atoms. The molecule has 2 rings (SSSR count). The van der Waals surface area contributed by atoms with Crippen LogP contribution in [0.5, 0.6) is 11.5 Å². The summed E-state index contributed by atoms with van der Waals surface area (Å²) in [6, 6.07) is 5.29. The van der Waals surface area contributed by atoms with E-state index in [1.807, 2.05) is 13.8 Å². The van der Waals surface area contributed by atoms with Gasteiger partial charge in [-0.1, -0.05) is 19.8 Å². The number of hydrogen-bond donors (Lipinski definition) is 2. The molecule has 0 heterocycles. The van der Waals surface area contributed by atoms with Gasteiger partial charge in [-0.05, 0) is 50.8 Å². The molecule has 6 nitrogen and oxygen atoms in total. The molecule has 1 fully saturated rings. The minimum Gasteiger partial charge on any atom is -0.493 e. The number of nitrogens with one attached hydrogen (secondary N) is 2. The average molecular weight is 362 g/mol. The Labute approximate surface area is 155 Å². The molecule has 2 atom stereocenters. The van der Waals surface area contributed by atoms with E-state index in [1.54, 1.807) is 18.2 Å². The van der Waals surface area contributed by atoms with E-state index >= 15 is 0 Å². The molecule has 1 aromatic carbocycles. The third kappa shape index (κ3) is 5.64. The molecule has 2 N–H and O–H groups in total. The summed E-state index contributed by atoms with van der Waals surface area (Å²) in [5.74, 6) is 1.07. The van der Waals surface area contributed by atoms with Crippen LogP contribution in [0.3, 0.4) is 0 Å². The lowest BCUT2D eigenvalue weighted by Gasteiger charge is -2.29. The van der Waals surface area contributed by atoms with E-state index in [4.69, 9.17) is 9.47 Å². The Morgan fingerprint density at radius 2 is 1.92 bits per heavy atom. The monoisotopic (exact) mass is 362 g/mol. The molecule has 0 saturated heterocycles. The largest absolute Gasteiger partial charge is 0.493 e. The highest BCUT2D eigenvalue weighted by Crippen LogP contribution is 2.29. The van der Waals surface area contributed by atoms with Gasteiger partial charge >= 0.3 is 0 Å². The summed E-state index contributed by atoms with van der Waals surface area (Å²) < 4.78 is 10.8. The van der Waals surface area contributed by atoms with Gasteiger partial charge in [-0.25, -0.2) is 0 Å². The summed E-state index contributed by atoms with van der Waals surface area (Å²) in [7, 11) is 1.52. The molecular formula is C20H30N2O4. The van der Waals surface area contributed by atoms with Crippen molar-refractivity contribution in [1.29, 1.82) is 0 Å². The number of hydrogen-bond acceptors (Lipinski definition) is 4. The van der Waals surface area contributed by atoms with Crippen LogP contribution in [0.2, 0.25) is 0 Å². The molecule has 2 unspecified atom stereocenters. The van der Waals surface area contributed by atoms with Gasteiger partial charge in [0.1, 0.15) is 0 Å². The molecule has 26 heavy (non-hydrogen) atoms. The van der Waals surface area contributed by atoms with Crippen LogP contribution in [-0.2, 0) is 4.79 Å². The van der Waals surface area contributed by atoms with E-state index in [0.29, 0.717) is 23.0 Å². The van der Waals surface area contributed by atoms with E-state index in [-0.39, 0.29) is 30.5 Å². The molecule has 1 aromatic rings. The fourth-order valence-corrected chi connectivity index (χ4v) is 3.22. The number of carbonyl (C=O) groups excluding carboxylic acids is 2. The Morgan fingerprint density at radius 3 is 2.58 bits per heavy atom. The third-order valence-electron chi connectivity index (χ3n) is 4.66. The summed E-state index contributed by atoms with van der Waals surface area (Å²) in [5.41, 5.74) is 0.526. The van der Waals surface area contributed by atoms with Crippen molar-refractivity contribution in [2.24, 2.45) is 5.92 Å². The maximum atomic E-state index is 12.6. The first-order valence-corrected chi connectivity index (χ1v) is 9.31. The quantitative estimate of drug-likeness (QED) is 0.782. The lowest BCUT2D eigenvalue weighted by molar-refractivity contribution is -0.123. The number of amides is 2. The van der Waals surface area contributed by atoms with Crippen molar-refractivity contribution >= 4 is 11.8 Å². The number of benzene rings is 1. The number of ether oxygens (including phenoxy) is 2. The van der Waals surface area contributed by atoms with Crippen LogP contribution in [-0.4, -0.2) is 37.6 Å². The Bertz CT molecular complexity index is 630. The second kappa shape index (κ2) is 9.46. The molecule has 144 valence electrons. The molecule has 0 aliphatic heterocycles. The Balaban J connectivity index is 2.00. The van der Waals surface area contributed by atoms with Crippen molar-refractivity contribution in [3.05, 3.63) is 23.8 Å². The van der Waals surface area contributed by atoms with Gasteiger partial charge in [0.25, 0.3) is 11.8 Å². The van der Waals surface area contributed by atoms with Gasteiger partial charge < -0.3 is 20.1 Å². The van der Waals surface area contributed by atoms with Crippen LogP contribution < -0.4 is 20.1 Å². The summed E-state index contributed by atoms with van der Waals surface area (Å²) >= 11 is 0. The van der Waals surface area contributed by atoms with Crippen molar-refractivity contribution in [3.63, 3.8) is 0 Å². The molecule has 0 bridgehead atoms. The minimum absolute atomic E-state index is 0.0567. The smallest absolute Gasteiger partial charge is 0.258 e. The fraction of sp³-hybridized carbons (Fsp3) is 0.600. The highest BCUT2D eigenvalue weighted by atomic mass is 16.5. The van der Waals surface area contributed by atoms with Crippen molar-refractivity contribution in [3.8, 4) is 11.5 Å². The normalized spacial score (nSPS) is 19.7. The van der Waals surface area contributed by atoms with Crippen LogP contribution in [0.1, 0.15) is 56.8 Å². The summed E-state index contributed by atoms with van der Waals surface area (Å²) in [5, 5.41) is 5.89. The molecule has 0 radical (unpaired) electrons. The van der Waals surface area contributed by atoms with E-state index in [1.165, 1.54) is 13.5 Å². The number of carbonyl (C=O) groups is 2. The average Bonchev–Trinajstić information content (AvgIpc) is 2.61. The zero-order valence-electron chi connectivity index (χ0n) is 16.1. The van der Waals surface area contributed by atoms with E-state index in [9.17, 15) is 9.59 Å². The van der Waals surface area contributed by atoms with E-state index < -0.39 is 0 Å². The molecular weight excluding hydrogens is 332 g/mol. The zero-order valence-corrected chi connectivity index (χ0v) is 16.1. The van der Waals surface area contributed by atoms with Gasteiger partial charge in [-0.3, -0.25) is 9.59 Å². The summed E-state index contributed by atoms with van der Waals surface area (Å²) in [6.07, 6.45) is 4.57. The lowest BCUT2D eigenvalue weighted by Crippen LogP contribution is -2.41. The van der Waals surface area contributed by atoms with Crippen LogP contribution in [0, 0.1) is 5.92 Å². The predicted molar refractivity (Wildman–Crippen MR) is 101 cm³/mol. The second-order valence-corrected chi connectivity index (χ2v) is 7.22. The van der Waals surface area contributed by atoms with Crippen LogP contribution in [0.15, 0.2) is 18.2 Å². The van der Waals surface area contributed by atoms with Gasteiger partial charge in [0, 0.05) is 17.6 Å². The summed E-state index contributed by atoms with van der Waals surface area (Å²) in [6.45, 7) is 5.86. The van der Waals surface area contributed by atoms with Gasteiger partial charge in [0.15, 0.2) is 18.1 Å². The third-order valence-corrected chi connectivity index (χ3v) is 4.66. The van der Waals surface area contributed by atoms with Gasteiger partial charge in [0.2, 0.25) is 0 Å². The van der Waals surface area contributed by atoms with Crippen molar-refractivity contribution in [2.75, 3.05) is 13.7 Å². The van der Waals surface area contributed by atoms with Crippen LogP contribution in [0.4, 0.5) is 0 Å². The fourth-order valence-electron chi connectivity index (χ4n) is 3.22. The molecule has 1 saturated carbocycles. The van der Waals surface area contributed by atoms with Crippen molar-refractivity contribution < 1.29 is 19.1 Å². The predicted octanol–water partition coefficient (Wildman–Crippen LogP) is 2.91. The van der Waals surface area contributed by atoms with Gasteiger partial charge in [0.05, 0.1) is 7.11 Å². The SMILES string of the molecule is COc1cc(C(=O)NC2CCCCC2C)ccc1OCC(=O)NC(C)C. The standard InChI is InChI=1S/C20H30N2O4/c1-13(2)21-19(23)12-26-17-10-9-15(11-18(17)25-4)20(24)22-16-8-6-5-7-14(16)3/h9-11,13-14,16H,5-8,12H2,1-4H3,(H,21,23)(H,22,24). The first kappa shape index (κ1) is 20.1. The first-order chi connectivity index (χ1) is 12.4. The molecule has 1 aliphatic rings. The van der Waals surface area contributed by atoms with Gasteiger partial charge in [-0.15, -0.1) is 0 Å². The highest BCUT2D eigenvalue weighted by molar-refractivity contribution is 5.95. The van der Waals surface area contributed by atoms with E-state index in [0.717, 1.165) is 19.3 Å². The Hall–Kier alpha value is -2.24. The molecule has 0 aromatic heterocycles. The maximum absolute atomic E-state index is 12.6. The topological polar surface area (TPSA) is 76.7 Å². The Morgan fingerprint density at radius 1 is 1.19 bits per heavy atom. The zero-order chi connectivity index (χ0) is 19.1. The lowest BCUT2D eigenvalue weighted by atomic mass is 9.86. The maximum Gasteiger partial charge on any atom is 0.258 e. The van der Waals surface area contributed by atoms with Crippen molar-refractivity contribution in [1.82, 2.24) is 10.6 Å². The minimum atomic E-state index is -0.199. The van der Waals surface area contributed by atoms with E-state index in [2.05, 4.69) is 17.6 Å². The second-order valence-electron chi connectivity index (χ2n) is 7.22. The first-order valence-electron chi connectivity index (χ1n) is 9.31. The van der Waals surface area contributed by atoms with Gasteiger partial charge in [-0.2, -0.15) is 0 Å². The van der Waals surface area contributed by atoms with Crippen LogP contribution in [0.25, 0.3) is 0 Å². The molecule has 6 heteroatoms. The molecule has 2 amide bonds. The highest BCUT2D eigenvalue weighted by Gasteiger charge is 2.23. The number of rotatable bonds is 7. The Kier molecular flexibility index (Phi) is 7.30. The number of methoxy groups -OCH3 is 1. The van der Waals surface area contributed by atoms with Crippen molar-refractivity contribution in [2.45, 2.75) is 58.5 Å². The van der Waals surface area contributed by atoms with Crippen LogP contribution >= 0.6 is 0 Å². The molecule has 1 aliphatic carbocycles. The summed E-state index contributed by atoms with van der Waals surface area (Å²) in [4.78, 5) is 24.3.